The van der Waals surface area contributed by atoms with Gasteiger partial charge in [-0.05, 0) is 70.1 Å². The maximum Gasteiger partial charge on any atom is 0.258 e. The second-order valence-corrected chi connectivity index (χ2v) is 12.5. The van der Waals surface area contributed by atoms with E-state index >= 15 is 0 Å². The van der Waals surface area contributed by atoms with Crippen molar-refractivity contribution in [2.45, 2.75) is 53.1 Å². The van der Waals surface area contributed by atoms with Crippen molar-refractivity contribution in [2.75, 3.05) is 41.5 Å². The minimum atomic E-state index is -0.239. The van der Waals surface area contributed by atoms with Gasteiger partial charge in [-0.3, -0.25) is 14.4 Å². The van der Waals surface area contributed by atoms with Crippen LogP contribution in [-0.4, -0.2) is 62.5 Å². The minimum absolute atomic E-state index is 0.0685. The highest BCUT2D eigenvalue weighted by atomic mass is 16.5. The van der Waals surface area contributed by atoms with E-state index in [2.05, 4.69) is 15.5 Å². The average molecular weight is 645 g/mol. The maximum absolute atomic E-state index is 13.3. The molecular weight excluding hydrogens is 596 g/mol. The van der Waals surface area contributed by atoms with Crippen LogP contribution in [0.4, 0.5) is 0 Å². The lowest BCUT2D eigenvalue weighted by Gasteiger charge is -2.24. The van der Waals surface area contributed by atoms with E-state index in [9.17, 15) is 14.4 Å². The van der Waals surface area contributed by atoms with Crippen LogP contribution in [0.2, 0.25) is 0 Å². The molecule has 10 heteroatoms. The molecule has 1 aliphatic rings. The highest BCUT2D eigenvalue weighted by molar-refractivity contribution is 6.10. The molecule has 252 valence electrons. The number of pyridine rings is 1. The number of hydrogen-bond donors (Lipinski definition) is 2. The molecule has 1 aliphatic heterocycles. The Morgan fingerprint density at radius 3 is 2.43 bits per heavy atom. The summed E-state index contributed by atoms with van der Waals surface area (Å²) < 4.78 is 19.2. The SMILES string of the molecule is COc1cc(-c2cn(C)c(=O)c3c2CNC(NCCCCCOc2cccc(C(C)=O)c2C(=O)C(C)C)=C3)c(OC)cc1CN(C)C. The van der Waals surface area contributed by atoms with Crippen molar-refractivity contribution in [3.05, 3.63) is 80.5 Å². The van der Waals surface area contributed by atoms with Gasteiger partial charge in [0, 0.05) is 66.6 Å². The largest absolute Gasteiger partial charge is 0.496 e. The lowest BCUT2D eigenvalue weighted by Crippen LogP contribution is -2.33. The van der Waals surface area contributed by atoms with Crippen molar-refractivity contribution < 1.29 is 23.8 Å². The van der Waals surface area contributed by atoms with Crippen molar-refractivity contribution in [2.24, 2.45) is 13.0 Å². The van der Waals surface area contributed by atoms with E-state index in [1.54, 1.807) is 44.0 Å². The third-order valence-corrected chi connectivity index (χ3v) is 8.22. The van der Waals surface area contributed by atoms with Crippen molar-refractivity contribution in [3.63, 3.8) is 0 Å². The Hall–Kier alpha value is -4.57. The number of carbonyl (C=O) groups excluding carboxylic acids is 2. The normalized spacial score (nSPS) is 12.3. The monoisotopic (exact) mass is 644 g/mol. The predicted molar refractivity (Wildman–Crippen MR) is 185 cm³/mol. The minimum Gasteiger partial charge on any atom is -0.496 e. The number of methoxy groups -OCH3 is 2. The highest BCUT2D eigenvalue weighted by Gasteiger charge is 2.24. The van der Waals surface area contributed by atoms with Crippen LogP contribution in [0.1, 0.15) is 77.4 Å². The Balaban J connectivity index is 1.41. The predicted octanol–water partition coefficient (Wildman–Crippen LogP) is 5.41. The van der Waals surface area contributed by atoms with Crippen LogP contribution in [0.5, 0.6) is 17.2 Å². The second kappa shape index (κ2) is 15.8. The molecule has 2 heterocycles. The van der Waals surface area contributed by atoms with Gasteiger partial charge >= 0.3 is 0 Å². The summed E-state index contributed by atoms with van der Waals surface area (Å²) in [4.78, 5) is 40.3. The number of ether oxygens (including phenoxy) is 3. The van der Waals surface area contributed by atoms with Gasteiger partial charge in [-0.15, -0.1) is 0 Å². The number of Topliss-reactive ketones (excluding diaryl/α,β-unsaturated/α-hetero) is 2. The first kappa shape index (κ1) is 35.3. The first-order valence-corrected chi connectivity index (χ1v) is 16.1. The number of nitrogens with one attached hydrogen (secondary N) is 2. The van der Waals surface area contributed by atoms with Gasteiger partial charge in [0.1, 0.15) is 17.2 Å². The zero-order valence-corrected chi connectivity index (χ0v) is 28.9. The highest BCUT2D eigenvalue weighted by Crippen LogP contribution is 2.39. The molecule has 4 rings (SSSR count). The third kappa shape index (κ3) is 8.24. The van der Waals surface area contributed by atoms with Crippen LogP contribution in [0.3, 0.4) is 0 Å². The number of aryl methyl sites for hydroxylation is 1. The zero-order valence-electron chi connectivity index (χ0n) is 28.9. The molecule has 10 nitrogen and oxygen atoms in total. The molecule has 47 heavy (non-hydrogen) atoms. The number of fused-ring (bicyclic) bond motifs is 1. The van der Waals surface area contributed by atoms with E-state index in [0.29, 0.717) is 48.7 Å². The van der Waals surface area contributed by atoms with Crippen LogP contribution in [-0.2, 0) is 20.1 Å². The quantitative estimate of drug-likeness (QED) is 0.156. The van der Waals surface area contributed by atoms with E-state index in [1.807, 2.05) is 52.3 Å². The van der Waals surface area contributed by atoms with Crippen LogP contribution in [0.25, 0.3) is 17.2 Å². The molecule has 0 aliphatic carbocycles. The number of rotatable bonds is 16. The molecule has 0 saturated heterocycles. The van der Waals surface area contributed by atoms with Crippen LogP contribution < -0.4 is 30.4 Å². The summed E-state index contributed by atoms with van der Waals surface area (Å²) in [6.07, 6.45) is 6.31. The number of unbranched alkanes of at least 4 members (excludes halogenated alkanes) is 2. The molecular formula is C37H48N4O6. The molecule has 2 aromatic carbocycles. The number of benzene rings is 2. The number of nitrogens with zero attached hydrogens (tertiary/aromatic N) is 2. The smallest absolute Gasteiger partial charge is 0.258 e. The zero-order chi connectivity index (χ0) is 34.2. The summed E-state index contributed by atoms with van der Waals surface area (Å²) in [5, 5.41) is 6.87. The molecule has 3 aromatic rings. The standard InChI is InChI=1S/C37H48N4O6/c1-23(2)36(43)35-26(24(3)42)13-12-14-31(35)47-16-11-9-10-15-38-34-19-28-29(20-39-34)30(22-41(6)37(28)44)27-18-32(45-7)25(21-40(4)5)17-33(27)46-8/h12-14,17-19,22-23,38-39H,9-11,15-16,20-21H2,1-8H3. The summed E-state index contributed by atoms with van der Waals surface area (Å²) in [5.41, 5.74) is 5.03. The lowest BCUT2D eigenvalue weighted by molar-refractivity contribution is 0.0922. The van der Waals surface area contributed by atoms with E-state index < -0.39 is 0 Å². The molecule has 0 radical (unpaired) electrons. The van der Waals surface area contributed by atoms with E-state index in [0.717, 1.165) is 58.8 Å². The fraction of sp³-hybridized carbons (Fsp3) is 0.432. The van der Waals surface area contributed by atoms with Crippen molar-refractivity contribution in [3.8, 4) is 28.4 Å². The summed E-state index contributed by atoms with van der Waals surface area (Å²) >= 11 is 0. The van der Waals surface area contributed by atoms with Crippen LogP contribution in [0, 0.1) is 5.92 Å². The third-order valence-electron chi connectivity index (χ3n) is 8.22. The Labute approximate surface area is 277 Å². The number of carbonyl (C=O) groups is 2. The molecule has 0 saturated carbocycles. The van der Waals surface area contributed by atoms with Gasteiger partial charge in [-0.1, -0.05) is 26.0 Å². The molecule has 0 unspecified atom stereocenters. The van der Waals surface area contributed by atoms with Gasteiger partial charge in [0.05, 0.1) is 32.2 Å². The summed E-state index contributed by atoms with van der Waals surface area (Å²) in [6.45, 7) is 7.45. The Morgan fingerprint density at radius 1 is 1.02 bits per heavy atom. The summed E-state index contributed by atoms with van der Waals surface area (Å²) in [6, 6.07) is 9.18. The fourth-order valence-electron chi connectivity index (χ4n) is 5.79. The van der Waals surface area contributed by atoms with E-state index in [1.165, 1.54) is 6.92 Å². The number of ketones is 2. The van der Waals surface area contributed by atoms with Gasteiger partial charge in [-0.25, -0.2) is 0 Å². The van der Waals surface area contributed by atoms with Gasteiger partial charge in [-0.2, -0.15) is 0 Å². The Bertz CT molecular complexity index is 1710. The van der Waals surface area contributed by atoms with Gasteiger partial charge in [0.25, 0.3) is 5.56 Å². The van der Waals surface area contributed by atoms with Gasteiger partial charge < -0.3 is 34.3 Å². The number of hydrogen-bond acceptors (Lipinski definition) is 9. The number of aromatic nitrogens is 1. The average Bonchev–Trinajstić information content (AvgIpc) is 3.04. The van der Waals surface area contributed by atoms with Crippen molar-refractivity contribution in [1.29, 1.82) is 0 Å². The van der Waals surface area contributed by atoms with Crippen molar-refractivity contribution in [1.82, 2.24) is 20.1 Å². The first-order valence-electron chi connectivity index (χ1n) is 16.1. The summed E-state index contributed by atoms with van der Waals surface area (Å²) in [5.74, 6) is 2.26. The van der Waals surface area contributed by atoms with Gasteiger partial charge in [0.2, 0.25) is 0 Å². The van der Waals surface area contributed by atoms with E-state index in [-0.39, 0.29) is 23.0 Å². The maximum atomic E-state index is 13.3. The summed E-state index contributed by atoms with van der Waals surface area (Å²) in [7, 11) is 9.10. The molecule has 0 amide bonds. The van der Waals surface area contributed by atoms with E-state index in [4.69, 9.17) is 14.2 Å². The Kier molecular flexibility index (Phi) is 11.9. The van der Waals surface area contributed by atoms with Crippen LogP contribution in [0.15, 0.2) is 47.1 Å². The first-order chi connectivity index (χ1) is 22.5. The topological polar surface area (TPSA) is 111 Å². The molecule has 0 atom stereocenters. The molecule has 1 aromatic heterocycles. The van der Waals surface area contributed by atoms with Crippen molar-refractivity contribution >= 4 is 17.6 Å². The molecule has 0 bridgehead atoms. The second-order valence-electron chi connectivity index (χ2n) is 12.5. The molecule has 0 spiro atoms. The molecule has 2 N–H and O–H groups in total. The van der Waals surface area contributed by atoms with Gasteiger partial charge in [0.15, 0.2) is 11.6 Å². The fourth-order valence-corrected chi connectivity index (χ4v) is 5.79. The van der Waals surface area contributed by atoms with Crippen LogP contribution >= 0.6 is 0 Å². The lowest BCUT2D eigenvalue weighted by atomic mass is 9.94. The molecule has 0 fully saturated rings. The Morgan fingerprint density at radius 2 is 1.77 bits per heavy atom.